The summed E-state index contributed by atoms with van der Waals surface area (Å²) in [6, 6.07) is 16.3. The lowest BCUT2D eigenvalue weighted by Crippen LogP contribution is -2.27. The molecule has 2 aliphatic rings. The first kappa shape index (κ1) is 21.4. The average molecular weight is 463 g/mol. The Bertz CT molecular complexity index is 1580. The van der Waals surface area contributed by atoms with Gasteiger partial charge in [0.05, 0.1) is 18.0 Å². The third kappa shape index (κ3) is 3.23. The van der Waals surface area contributed by atoms with Gasteiger partial charge in [0.2, 0.25) is 0 Å². The van der Waals surface area contributed by atoms with E-state index in [1.807, 2.05) is 6.20 Å². The first-order valence-electron chi connectivity index (χ1n) is 13.9. The quantitative estimate of drug-likeness (QED) is 0.192. The number of pyridine rings is 2. The highest BCUT2D eigenvalue weighted by atomic mass is 15.1. The van der Waals surface area contributed by atoms with E-state index in [1.54, 1.807) is 11.1 Å². The molecule has 2 saturated carbocycles. The summed E-state index contributed by atoms with van der Waals surface area (Å²) in [5, 5.41) is 2.62. The van der Waals surface area contributed by atoms with Crippen molar-refractivity contribution in [3.8, 4) is 0 Å². The van der Waals surface area contributed by atoms with Crippen molar-refractivity contribution >= 4 is 38.5 Å². The topological polar surface area (TPSA) is 21.2 Å². The molecule has 7 rings (SSSR count). The lowest BCUT2D eigenvalue weighted by molar-refractivity contribution is -0.617. The van der Waals surface area contributed by atoms with Gasteiger partial charge in [-0.05, 0) is 91.5 Å². The zero-order valence-electron chi connectivity index (χ0n) is 21.2. The van der Waals surface area contributed by atoms with E-state index in [1.165, 1.54) is 103 Å². The van der Waals surface area contributed by atoms with Crippen molar-refractivity contribution in [2.45, 2.75) is 83.0 Å². The molecule has 0 N–H and O–H groups in total. The van der Waals surface area contributed by atoms with Crippen molar-refractivity contribution in [2.24, 2.45) is 7.05 Å². The van der Waals surface area contributed by atoms with Gasteiger partial charge in [0, 0.05) is 11.6 Å². The molecule has 3 heterocycles. The Morgan fingerprint density at radius 1 is 0.800 bits per heavy atom. The number of aryl methyl sites for hydroxylation is 2. The number of hydrogen-bond acceptors (Lipinski definition) is 1. The predicted molar refractivity (Wildman–Crippen MR) is 145 cm³/mol. The number of hydrogen-bond donors (Lipinski definition) is 0. The van der Waals surface area contributed by atoms with Crippen LogP contribution in [0.15, 0.2) is 48.7 Å². The van der Waals surface area contributed by atoms with Crippen LogP contribution in [0, 0.1) is 6.92 Å². The highest BCUT2D eigenvalue weighted by Gasteiger charge is 2.29. The minimum atomic E-state index is 0.705. The van der Waals surface area contributed by atoms with Gasteiger partial charge in [-0.15, -0.1) is 0 Å². The van der Waals surface area contributed by atoms with Crippen LogP contribution in [0.25, 0.3) is 38.5 Å². The molecule has 0 bridgehead atoms. The van der Waals surface area contributed by atoms with Crippen LogP contribution in [-0.4, -0.2) is 9.38 Å². The molecule has 5 aromatic rings. The molecule has 2 fully saturated rings. The van der Waals surface area contributed by atoms with Crippen LogP contribution in [0.5, 0.6) is 0 Å². The van der Waals surface area contributed by atoms with E-state index < -0.39 is 0 Å². The molecule has 2 aliphatic carbocycles. The van der Waals surface area contributed by atoms with Gasteiger partial charge >= 0.3 is 0 Å². The van der Waals surface area contributed by atoms with Gasteiger partial charge in [-0.2, -0.15) is 4.40 Å². The number of nitrogens with zero attached hydrogens (tertiary/aromatic N) is 3. The summed E-state index contributed by atoms with van der Waals surface area (Å²) in [5.41, 5.74) is 10.9. The van der Waals surface area contributed by atoms with E-state index in [0.29, 0.717) is 11.8 Å². The Morgan fingerprint density at radius 2 is 1.46 bits per heavy atom. The maximum atomic E-state index is 5.03. The van der Waals surface area contributed by atoms with Crippen LogP contribution in [-0.2, 0) is 7.05 Å². The molecular formula is C32H36N3+. The number of aromatic nitrogens is 3. The van der Waals surface area contributed by atoms with Gasteiger partial charge in [-0.3, -0.25) is 4.98 Å². The van der Waals surface area contributed by atoms with E-state index in [0.717, 1.165) is 5.52 Å². The molecule has 3 nitrogen and oxygen atoms in total. The van der Waals surface area contributed by atoms with Crippen LogP contribution >= 0.6 is 0 Å². The lowest BCUT2D eigenvalue weighted by atomic mass is 9.75. The lowest BCUT2D eigenvalue weighted by Gasteiger charge is -2.30. The molecule has 0 unspecified atom stereocenters. The van der Waals surface area contributed by atoms with Crippen molar-refractivity contribution in [3.05, 3.63) is 65.4 Å². The van der Waals surface area contributed by atoms with Crippen LogP contribution in [0.1, 0.15) is 92.7 Å². The molecule has 0 radical (unpaired) electrons. The molecule has 3 heteroatoms. The fourth-order valence-corrected chi connectivity index (χ4v) is 7.41. The summed E-state index contributed by atoms with van der Waals surface area (Å²) < 4.78 is 4.92. The Balaban J connectivity index is 1.66. The van der Waals surface area contributed by atoms with Gasteiger partial charge in [0.15, 0.2) is 11.0 Å². The van der Waals surface area contributed by atoms with E-state index in [2.05, 4.69) is 65.4 Å². The number of fused-ring (bicyclic) bond motifs is 8. The molecule has 178 valence electrons. The summed E-state index contributed by atoms with van der Waals surface area (Å²) in [6.07, 6.45) is 15.7. The SMILES string of the molecule is Cc1ccnc2c3cc(C4CCCCC4)c(C4CCCCC4)cc3n3c4ccccc4[n+](C)c3c12. The Hall–Kier alpha value is -2.94. The first-order valence-corrected chi connectivity index (χ1v) is 13.9. The maximum absolute atomic E-state index is 5.03. The largest absolute Gasteiger partial charge is 0.297 e. The van der Waals surface area contributed by atoms with Crippen molar-refractivity contribution in [1.29, 1.82) is 0 Å². The normalized spacial score (nSPS) is 18.3. The second-order valence-electron chi connectivity index (χ2n) is 11.2. The van der Waals surface area contributed by atoms with Crippen molar-refractivity contribution in [2.75, 3.05) is 0 Å². The van der Waals surface area contributed by atoms with Gasteiger partial charge in [-0.1, -0.05) is 50.7 Å². The highest BCUT2D eigenvalue weighted by molar-refractivity contribution is 6.12. The van der Waals surface area contributed by atoms with E-state index in [9.17, 15) is 0 Å². The molecule has 0 atom stereocenters. The van der Waals surface area contributed by atoms with Crippen LogP contribution in [0.2, 0.25) is 0 Å². The summed E-state index contributed by atoms with van der Waals surface area (Å²) in [5.74, 6) is 1.41. The number of rotatable bonds is 2. The molecular weight excluding hydrogens is 426 g/mol. The third-order valence-corrected chi connectivity index (χ3v) is 9.18. The molecule has 2 aromatic carbocycles. The standard InChI is InChI=1S/C32H36N3/c1-21-17-18-33-31-26-19-24(22-11-5-3-6-12-22)25(23-13-7-4-8-14-23)20-29(26)35-28-16-10-9-15-27(28)34(2)32(35)30(21)31/h9-10,15-20,22-23H,3-8,11-14H2,1-2H3/q+1. The second-order valence-corrected chi connectivity index (χ2v) is 11.2. The maximum Gasteiger partial charge on any atom is 0.297 e. The third-order valence-electron chi connectivity index (χ3n) is 9.18. The summed E-state index contributed by atoms with van der Waals surface area (Å²) in [6.45, 7) is 2.24. The van der Waals surface area contributed by atoms with Crippen LogP contribution in [0.3, 0.4) is 0 Å². The summed E-state index contributed by atoms with van der Waals surface area (Å²) in [4.78, 5) is 5.03. The molecule has 0 aliphatic heterocycles. The van der Waals surface area contributed by atoms with Gasteiger partial charge in [-0.25, -0.2) is 4.57 Å². The molecule has 0 amide bonds. The Morgan fingerprint density at radius 3 is 2.17 bits per heavy atom. The Labute approximate surface area is 207 Å². The van der Waals surface area contributed by atoms with Crippen molar-refractivity contribution in [3.63, 3.8) is 0 Å². The molecule has 35 heavy (non-hydrogen) atoms. The monoisotopic (exact) mass is 462 g/mol. The van der Waals surface area contributed by atoms with E-state index in [-0.39, 0.29) is 0 Å². The zero-order chi connectivity index (χ0) is 23.5. The van der Waals surface area contributed by atoms with Gasteiger partial charge < -0.3 is 0 Å². The van der Waals surface area contributed by atoms with Crippen molar-refractivity contribution < 1.29 is 4.57 Å². The number of imidazole rings is 1. The number of benzene rings is 2. The molecule has 0 spiro atoms. The van der Waals surface area contributed by atoms with E-state index in [4.69, 9.17) is 4.98 Å². The predicted octanol–water partition coefficient (Wildman–Crippen LogP) is 8.02. The zero-order valence-corrected chi connectivity index (χ0v) is 21.2. The van der Waals surface area contributed by atoms with Crippen LogP contribution in [0.4, 0.5) is 0 Å². The van der Waals surface area contributed by atoms with Crippen LogP contribution < -0.4 is 4.57 Å². The molecule has 3 aromatic heterocycles. The van der Waals surface area contributed by atoms with Gasteiger partial charge in [0.1, 0.15) is 5.52 Å². The fraction of sp³-hybridized carbons (Fsp3) is 0.438. The summed E-state index contributed by atoms with van der Waals surface area (Å²) in [7, 11) is 2.22. The second kappa shape index (κ2) is 8.33. The smallest absolute Gasteiger partial charge is 0.255 e. The first-order chi connectivity index (χ1) is 17.2. The summed E-state index contributed by atoms with van der Waals surface area (Å²) >= 11 is 0. The number of para-hydroxylation sites is 2. The fourth-order valence-electron chi connectivity index (χ4n) is 7.41. The Kier molecular flexibility index (Phi) is 5.08. The van der Waals surface area contributed by atoms with Gasteiger partial charge in [0.25, 0.3) is 5.65 Å². The average Bonchev–Trinajstić information content (AvgIpc) is 3.21. The molecule has 0 saturated heterocycles. The minimum Gasteiger partial charge on any atom is -0.255 e. The van der Waals surface area contributed by atoms with Crippen molar-refractivity contribution in [1.82, 2.24) is 9.38 Å². The highest BCUT2D eigenvalue weighted by Crippen LogP contribution is 2.44. The van der Waals surface area contributed by atoms with E-state index >= 15 is 0 Å². The minimum absolute atomic E-state index is 0.705.